The molecule has 1 fully saturated rings. The molecule has 0 radical (unpaired) electrons. The van der Waals surface area contributed by atoms with Gasteiger partial charge in [0.2, 0.25) is 0 Å². The van der Waals surface area contributed by atoms with Gasteiger partial charge in [-0.3, -0.25) is 4.79 Å². The van der Waals surface area contributed by atoms with E-state index in [9.17, 15) is 4.79 Å². The van der Waals surface area contributed by atoms with Gasteiger partial charge in [-0.05, 0) is 23.0 Å². The summed E-state index contributed by atoms with van der Waals surface area (Å²) in [5.41, 5.74) is 0.623. The summed E-state index contributed by atoms with van der Waals surface area (Å²) in [5, 5.41) is 1.05. The lowest BCUT2D eigenvalue weighted by Gasteiger charge is -2.09. The van der Waals surface area contributed by atoms with Gasteiger partial charge in [0, 0.05) is 15.6 Å². The number of hydrogen-bond acceptors (Lipinski definition) is 2. The minimum absolute atomic E-state index is 0.0195. The molecule has 0 N–H and O–H groups in total. The number of carbonyl (C=O) groups is 1. The molecular weight excluding hydrogens is 283 g/mol. The van der Waals surface area contributed by atoms with E-state index in [1.165, 1.54) is 0 Å². The van der Waals surface area contributed by atoms with Crippen molar-refractivity contribution in [2.75, 3.05) is 0 Å². The lowest BCUT2D eigenvalue weighted by molar-refractivity contribution is -0.148. The molecule has 0 aromatic heterocycles. The van der Waals surface area contributed by atoms with E-state index >= 15 is 0 Å². The fourth-order valence-corrected chi connectivity index (χ4v) is 3.19. The molecule has 1 aromatic carbocycles. The van der Waals surface area contributed by atoms with Gasteiger partial charge in [0.15, 0.2) is 0 Å². The predicted molar refractivity (Wildman–Crippen MR) is 77.3 cm³/mol. The average molecular weight is 301 g/mol. The Morgan fingerprint density at radius 1 is 1.16 bits per heavy atom. The summed E-state index contributed by atoms with van der Waals surface area (Å²) >= 11 is 12.1. The standard InChI is InChI=1S/C15H18Cl2O2/c1-14(2)12(15(14,3)4)13(18)19-8-9-10(16)6-5-7-11(9)17/h5-7,12H,8H2,1-4H3. The zero-order valence-corrected chi connectivity index (χ0v) is 13.1. The molecule has 19 heavy (non-hydrogen) atoms. The molecule has 0 saturated heterocycles. The van der Waals surface area contributed by atoms with Crippen molar-refractivity contribution in [1.82, 2.24) is 0 Å². The predicted octanol–water partition coefficient (Wildman–Crippen LogP) is 4.72. The first-order valence-electron chi connectivity index (χ1n) is 6.29. The van der Waals surface area contributed by atoms with Crippen LogP contribution in [0, 0.1) is 16.7 Å². The zero-order chi connectivity index (χ0) is 14.4. The summed E-state index contributed by atoms with van der Waals surface area (Å²) in [4.78, 5) is 12.1. The molecule has 0 bridgehead atoms. The maximum atomic E-state index is 12.1. The van der Waals surface area contributed by atoms with Crippen LogP contribution in [0.4, 0.5) is 0 Å². The second-order valence-electron chi connectivity index (χ2n) is 6.18. The van der Waals surface area contributed by atoms with Crippen molar-refractivity contribution in [2.45, 2.75) is 34.3 Å². The topological polar surface area (TPSA) is 26.3 Å². The lowest BCUT2D eigenvalue weighted by atomic mass is 10.0. The molecule has 1 aliphatic carbocycles. The summed E-state index contributed by atoms with van der Waals surface area (Å²) in [5.74, 6) is -0.243. The van der Waals surface area contributed by atoms with Crippen molar-refractivity contribution in [3.8, 4) is 0 Å². The Bertz CT molecular complexity index is 487. The van der Waals surface area contributed by atoms with Crippen molar-refractivity contribution < 1.29 is 9.53 Å². The van der Waals surface area contributed by atoms with Crippen LogP contribution in [0.1, 0.15) is 33.3 Å². The second-order valence-corrected chi connectivity index (χ2v) is 7.00. The molecule has 0 aliphatic heterocycles. The first-order chi connectivity index (χ1) is 8.69. The number of ether oxygens (including phenoxy) is 1. The van der Waals surface area contributed by atoms with Gasteiger partial charge in [-0.15, -0.1) is 0 Å². The van der Waals surface area contributed by atoms with E-state index in [1.54, 1.807) is 18.2 Å². The summed E-state index contributed by atoms with van der Waals surface area (Å²) in [6.07, 6.45) is 0. The molecule has 2 nitrogen and oxygen atoms in total. The maximum Gasteiger partial charge on any atom is 0.310 e. The number of benzene rings is 1. The van der Waals surface area contributed by atoms with Crippen LogP contribution in [-0.4, -0.2) is 5.97 Å². The summed E-state index contributed by atoms with van der Waals surface area (Å²) in [7, 11) is 0. The van der Waals surface area contributed by atoms with Crippen LogP contribution in [0.2, 0.25) is 10.0 Å². The molecule has 1 saturated carbocycles. The van der Waals surface area contributed by atoms with E-state index in [0.29, 0.717) is 15.6 Å². The van der Waals surface area contributed by atoms with Crippen LogP contribution in [0.3, 0.4) is 0 Å². The van der Waals surface area contributed by atoms with Gasteiger partial charge in [0.05, 0.1) is 5.92 Å². The largest absolute Gasteiger partial charge is 0.460 e. The molecule has 0 spiro atoms. The van der Waals surface area contributed by atoms with Gasteiger partial charge in [-0.2, -0.15) is 0 Å². The van der Waals surface area contributed by atoms with E-state index in [0.717, 1.165) is 0 Å². The second kappa shape index (κ2) is 4.68. The maximum absolute atomic E-state index is 12.1. The van der Waals surface area contributed by atoms with Crippen LogP contribution in [0.15, 0.2) is 18.2 Å². The van der Waals surface area contributed by atoms with Crippen LogP contribution in [-0.2, 0) is 16.1 Å². The third kappa shape index (κ3) is 2.36. The summed E-state index contributed by atoms with van der Waals surface area (Å²) in [6.45, 7) is 8.46. The Morgan fingerprint density at radius 3 is 2.05 bits per heavy atom. The highest BCUT2D eigenvalue weighted by Gasteiger charge is 2.69. The lowest BCUT2D eigenvalue weighted by Crippen LogP contribution is -2.11. The smallest absolute Gasteiger partial charge is 0.310 e. The number of esters is 1. The molecule has 2 rings (SSSR count). The fraction of sp³-hybridized carbons (Fsp3) is 0.533. The number of hydrogen-bond donors (Lipinski definition) is 0. The first kappa shape index (κ1) is 14.7. The zero-order valence-electron chi connectivity index (χ0n) is 11.6. The normalized spacial score (nSPS) is 20.1. The molecule has 0 amide bonds. The van der Waals surface area contributed by atoms with Crippen LogP contribution >= 0.6 is 23.2 Å². The Morgan fingerprint density at radius 2 is 1.63 bits per heavy atom. The molecular formula is C15H18Cl2O2. The van der Waals surface area contributed by atoms with Gasteiger partial charge >= 0.3 is 5.97 Å². The van der Waals surface area contributed by atoms with Crippen molar-refractivity contribution in [1.29, 1.82) is 0 Å². The van der Waals surface area contributed by atoms with Crippen molar-refractivity contribution >= 4 is 29.2 Å². The van der Waals surface area contributed by atoms with Crippen molar-refractivity contribution in [2.24, 2.45) is 16.7 Å². The van der Waals surface area contributed by atoms with Gasteiger partial charge in [0.25, 0.3) is 0 Å². The van der Waals surface area contributed by atoms with Crippen molar-refractivity contribution in [3.63, 3.8) is 0 Å². The molecule has 4 heteroatoms. The third-order valence-electron chi connectivity index (χ3n) is 4.68. The SMILES string of the molecule is CC1(C)C(C(=O)OCc2c(Cl)cccc2Cl)C1(C)C. The highest BCUT2D eigenvalue weighted by Crippen LogP contribution is 2.68. The van der Waals surface area contributed by atoms with Crippen LogP contribution < -0.4 is 0 Å². The fourth-order valence-electron chi connectivity index (χ4n) is 2.68. The highest BCUT2D eigenvalue weighted by molar-refractivity contribution is 6.35. The van der Waals surface area contributed by atoms with Crippen LogP contribution in [0.25, 0.3) is 0 Å². The van der Waals surface area contributed by atoms with Gasteiger partial charge in [0.1, 0.15) is 6.61 Å². The number of halogens is 2. The minimum atomic E-state index is -0.175. The van der Waals surface area contributed by atoms with E-state index in [-0.39, 0.29) is 29.3 Å². The minimum Gasteiger partial charge on any atom is -0.460 e. The van der Waals surface area contributed by atoms with Gasteiger partial charge < -0.3 is 4.74 Å². The van der Waals surface area contributed by atoms with Gasteiger partial charge in [-0.25, -0.2) is 0 Å². The van der Waals surface area contributed by atoms with Crippen LogP contribution in [0.5, 0.6) is 0 Å². The monoisotopic (exact) mass is 300 g/mol. The molecule has 104 valence electrons. The van der Waals surface area contributed by atoms with Crippen molar-refractivity contribution in [3.05, 3.63) is 33.8 Å². The Balaban J connectivity index is 2.03. The highest BCUT2D eigenvalue weighted by atomic mass is 35.5. The Hall–Kier alpha value is -0.730. The molecule has 0 atom stereocenters. The first-order valence-corrected chi connectivity index (χ1v) is 7.04. The van der Waals surface area contributed by atoms with E-state index in [1.807, 2.05) is 0 Å². The number of rotatable bonds is 3. The quantitative estimate of drug-likeness (QED) is 0.755. The Labute approximate surface area is 124 Å². The molecule has 0 heterocycles. The summed E-state index contributed by atoms with van der Waals surface area (Å²) < 4.78 is 5.38. The summed E-state index contributed by atoms with van der Waals surface area (Å²) in [6, 6.07) is 5.24. The molecule has 0 unspecified atom stereocenters. The van der Waals surface area contributed by atoms with E-state index < -0.39 is 0 Å². The average Bonchev–Trinajstić information content (AvgIpc) is 2.68. The number of carbonyl (C=O) groups excluding carboxylic acids is 1. The van der Waals surface area contributed by atoms with E-state index in [2.05, 4.69) is 27.7 Å². The van der Waals surface area contributed by atoms with E-state index in [4.69, 9.17) is 27.9 Å². The molecule has 1 aromatic rings. The Kier molecular flexibility index (Phi) is 3.61. The third-order valence-corrected chi connectivity index (χ3v) is 5.39. The van der Waals surface area contributed by atoms with Gasteiger partial charge in [-0.1, -0.05) is 57.0 Å². The molecule has 1 aliphatic rings.